The highest BCUT2D eigenvalue weighted by Gasteiger charge is 2.42. The molecule has 4 rings (SSSR count). The molecule has 9 heteroatoms. The first-order valence-corrected chi connectivity index (χ1v) is 10.5. The quantitative estimate of drug-likeness (QED) is 0.622. The highest BCUT2D eigenvalue weighted by molar-refractivity contribution is 7.94. The maximum atomic E-state index is 13.4. The van der Waals surface area contributed by atoms with Crippen LogP contribution in [0.1, 0.15) is 5.56 Å². The van der Waals surface area contributed by atoms with E-state index in [1.807, 2.05) is 0 Å². The van der Waals surface area contributed by atoms with Crippen molar-refractivity contribution in [3.8, 4) is 11.5 Å². The van der Waals surface area contributed by atoms with E-state index in [1.54, 1.807) is 48.8 Å². The zero-order valence-corrected chi connectivity index (χ0v) is 17.2. The number of carbonyl (C=O) groups excluding carboxylic acids is 1. The number of rotatable bonds is 5. The van der Waals surface area contributed by atoms with Crippen LogP contribution >= 0.6 is 0 Å². The Morgan fingerprint density at radius 3 is 2.33 bits per heavy atom. The second-order valence-electron chi connectivity index (χ2n) is 6.50. The number of sulfonamides is 1. The van der Waals surface area contributed by atoms with Crippen molar-refractivity contribution in [2.24, 2.45) is 0 Å². The predicted molar refractivity (Wildman–Crippen MR) is 111 cm³/mol. The first-order chi connectivity index (χ1) is 14.5. The van der Waals surface area contributed by atoms with Gasteiger partial charge in [0, 0.05) is 18.5 Å². The van der Waals surface area contributed by atoms with Crippen molar-refractivity contribution in [2.45, 2.75) is 11.4 Å². The van der Waals surface area contributed by atoms with Crippen LogP contribution in [-0.2, 0) is 16.6 Å². The van der Waals surface area contributed by atoms with Gasteiger partial charge in [0.2, 0.25) is 0 Å². The average Bonchev–Trinajstić information content (AvgIpc) is 2.77. The lowest BCUT2D eigenvalue weighted by Gasteiger charge is -2.36. The van der Waals surface area contributed by atoms with Gasteiger partial charge < -0.3 is 9.47 Å². The lowest BCUT2D eigenvalue weighted by Crippen LogP contribution is -2.50. The number of pyridine rings is 1. The van der Waals surface area contributed by atoms with Crippen LogP contribution in [0.5, 0.6) is 11.5 Å². The SMILES string of the molecule is COc1ccc(N2C(=O)N(Cc3ccncc3)c3ccccc3S2(=O)=O)cc1OC. The van der Waals surface area contributed by atoms with E-state index >= 15 is 0 Å². The normalized spacial score (nSPS) is 14.9. The van der Waals surface area contributed by atoms with Gasteiger partial charge in [-0.05, 0) is 42.0 Å². The van der Waals surface area contributed by atoms with Gasteiger partial charge in [0.15, 0.2) is 11.5 Å². The minimum absolute atomic E-state index is 0.0495. The van der Waals surface area contributed by atoms with Crippen molar-refractivity contribution < 1.29 is 22.7 Å². The van der Waals surface area contributed by atoms with Crippen LogP contribution in [-0.4, -0.2) is 33.7 Å². The molecule has 0 aliphatic carbocycles. The number of para-hydroxylation sites is 1. The maximum Gasteiger partial charge on any atom is 0.343 e. The van der Waals surface area contributed by atoms with E-state index < -0.39 is 16.1 Å². The number of hydrogen-bond acceptors (Lipinski definition) is 6. The summed E-state index contributed by atoms with van der Waals surface area (Å²) in [6.45, 7) is 0.192. The van der Waals surface area contributed by atoms with Crippen molar-refractivity contribution in [2.75, 3.05) is 23.4 Å². The maximum absolute atomic E-state index is 13.4. The van der Waals surface area contributed by atoms with E-state index in [0.29, 0.717) is 17.2 Å². The Morgan fingerprint density at radius 1 is 0.933 bits per heavy atom. The molecule has 0 saturated heterocycles. The molecular weight excluding hydrogens is 406 g/mol. The smallest absolute Gasteiger partial charge is 0.343 e. The van der Waals surface area contributed by atoms with E-state index in [2.05, 4.69) is 4.98 Å². The summed E-state index contributed by atoms with van der Waals surface area (Å²) in [6, 6.07) is 13.9. The van der Waals surface area contributed by atoms with Crippen LogP contribution in [0.15, 0.2) is 71.9 Å². The van der Waals surface area contributed by atoms with Gasteiger partial charge in [-0.2, -0.15) is 4.31 Å². The van der Waals surface area contributed by atoms with Gasteiger partial charge in [-0.25, -0.2) is 13.2 Å². The Bertz CT molecular complexity index is 1200. The van der Waals surface area contributed by atoms with Crippen molar-refractivity contribution in [1.29, 1.82) is 0 Å². The Labute approximate surface area is 174 Å². The molecule has 0 atom stereocenters. The standard InChI is InChI=1S/C21H19N3O5S/c1-28-18-8-7-16(13-19(18)29-2)24-21(25)23(14-15-9-11-22-12-10-15)17-5-3-4-6-20(17)30(24,26)27/h3-13H,14H2,1-2H3. The van der Waals surface area contributed by atoms with E-state index in [0.717, 1.165) is 9.87 Å². The minimum atomic E-state index is -4.12. The first-order valence-electron chi connectivity index (χ1n) is 9.04. The second kappa shape index (κ2) is 7.68. The lowest BCUT2D eigenvalue weighted by atomic mass is 10.2. The van der Waals surface area contributed by atoms with E-state index in [1.165, 1.54) is 37.3 Å². The number of ether oxygens (including phenoxy) is 2. The summed E-state index contributed by atoms with van der Waals surface area (Å²) >= 11 is 0. The van der Waals surface area contributed by atoms with Crippen LogP contribution in [0.4, 0.5) is 16.2 Å². The van der Waals surface area contributed by atoms with Gasteiger partial charge >= 0.3 is 6.03 Å². The van der Waals surface area contributed by atoms with Crippen LogP contribution in [0, 0.1) is 0 Å². The minimum Gasteiger partial charge on any atom is -0.493 e. The third-order valence-corrected chi connectivity index (χ3v) is 6.52. The summed E-state index contributed by atoms with van der Waals surface area (Å²) < 4.78 is 38.0. The van der Waals surface area contributed by atoms with Gasteiger partial charge in [-0.3, -0.25) is 9.88 Å². The molecule has 0 unspecified atom stereocenters. The number of amides is 2. The Balaban J connectivity index is 1.87. The number of methoxy groups -OCH3 is 2. The topological polar surface area (TPSA) is 89.0 Å². The van der Waals surface area contributed by atoms with E-state index in [9.17, 15) is 13.2 Å². The molecule has 0 spiro atoms. The number of fused-ring (bicyclic) bond motifs is 1. The van der Waals surface area contributed by atoms with Crippen molar-refractivity contribution in [1.82, 2.24) is 4.98 Å². The third kappa shape index (κ3) is 3.22. The van der Waals surface area contributed by atoms with Gasteiger partial charge in [0.1, 0.15) is 4.90 Å². The number of aromatic nitrogens is 1. The molecule has 2 heterocycles. The molecule has 0 fully saturated rings. The molecule has 1 aliphatic heterocycles. The fraction of sp³-hybridized carbons (Fsp3) is 0.143. The molecule has 154 valence electrons. The van der Waals surface area contributed by atoms with Crippen LogP contribution in [0.2, 0.25) is 0 Å². The molecule has 0 saturated carbocycles. The highest BCUT2D eigenvalue weighted by Crippen LogP contribution is 2.40. The van der Waals surface area contributed by atoms with Crippen LogP contribution in [0.25, 0.3) is 0 Å². The third-order valence-electron chi connectivity index (χ3n) is 4.77. The van der Waals surface area contributed by atoms with Gasteiger partial charge in [0.05, 0.1) is 32.1 Å². The van der Waals surface area contributed by atoms with Crippen LogP contribution < -0.4 is 18.7 Å². The fourth-order valence-corrected chi connectivity index (χ4v) is 4.92. The largest absolute Gasteiger partial charge is 0.493 e. The van der Waals surface area contributed by atoms with Gasteiger partial charge in [-0.15, -0.1) is 0 Å². The summed E-state index contributed by atoms with van der Waals surface area (Å²) in [6.07, 6.45) is 3.25. The van der Waals surface area contributed by atoms with Gasteiger partial charge in [-0.1, -0.05) is 12.1 Å². The lowest BCUT2D eigenvalue weighted by molar-refractivity contribution is 0.253. The molecular formula is C21H19N3O5S. The number of benzene rings is 2. The number of nitrogens with zero attached hydrogens (tertiary/aromatic N) is 3. The zero-order chi connectivity index (χ0) is 21.3. The van der Waals surface area contributed by atoms with Crippen LogP contribution in [0.3, 0.4) is 0 Å². The molecule has 30 heavy (non-hydrogen) atoms. The molecule has 1 aromatic heterocycles. The van der Waals surface area contributed by atoms with E-state index in [-0.39, 0.29) is 17.1 Å². The monoisotopic (exact) mass is 425 g/mol. The Morgan fingerprint density at radius 2 is 1.63 bits per heavy atom. The van der Waals surface area contributed by atoms with Gasteiger partial charge in [0.25, 0.3) is 10.0 Å². The van der Waals surface area contributed by atoms with Crippen molar-refractivity contribution in [3.05, 3.63) is 72.6 Å². The number of hydrogen-bond donors (Lipinski definition) is 0. The summed E-state index contributed by atoms with van der Waals surface area (Å²) in [5.74, 6) is 0.745. The number of urea groups is 1. The number of carbonyl (C=O) groups is 1. The second-order valence-corrected chi connectivity index (χ2v) is 8.26. The Kier molecular flexibility index (Phi) is 5.04. The molecule has 0 bridgehead atoms. The summed E-state index contributed by atoms with van der Waals surface area (Å²) in [7, 11) is -1.20. The van der Waals surface area contributed by atoms with Crippen molar-refractivity contribution >= 4 is 27.4 Å². The Hall–Kier alpha value is -3.59. The molecule has 0 N–H and O–H groups in total. The van der Waals surface area contributed by atoms with E-state index in [4.69, 9.17) is 9.47 Å². The molecule has 8 nitrogen and oxygen atoms in total. The average molecular weight is 425 g/mol. The molecule has 2 amide bonds. The van der Waals surface area contributed by atoms with Crippen molar-refractivity contribution in [3.63, 3.8) is 0 Å². The fourth-order valence-electron chi connectivity index (χ4n) is 3.34. The molecule has 3 aromatic rings. The molecule has 1 aliphatic rings. The zero-order valence-electron chi connectivity index (χ0n) is 16.3. The summed E-state index contributed by atoms with van der Waals surface area (Å²) in [5, 5.41) is 0. The summed E-state index contributed by atoms with van der Waals surface area (Å²) in [4.78, 5) is 18.9. The first kappa shape index (κ1) is 19.7. The number of anilines is 2. The molecule has 2 aromatic carbocycles. The molecule has 0 radical (unpaired) electrons. The highest BCUT2D eigenvalue weighted by atomic mass is 32.2. The predicted octanol–water partition coefficient (Wildman–Crippen LogP) is 3.43. The summed E-state index contributed by atoms with van der Waals surface area (Å²) in [5.41, 5.74) is 1.31.